The van der Waals surface area contributed by atoms with E-state index in [1.807, 2.05) is 35.7 Å². The van der Waals surface area contributed by atoms with Crippen LogP contribution in [-0.4, -0.2) is 18.0 Å². The minimum absolute atomic E-state index is 0.106. The summed E-state index contributed by atoms with van der Waals surface area (Å²) in [5.41, 5.74) is 5.03. The van der Waals surface area contributed by atoms with Crippen LogP contribution in [0.25, 0.3) is 11.3 Å². The van der Waals surface area contributed by atoms with Crippen LogP contribution in [0.15, 0.2) is 52.9 Å². The third-order valence-electron chi connectivity index (χ3n) is 3.43. The summed E-state index contributed by atoms with van der Waals surface area (Å²) >= 11 is 1.43. The van der Waals surface area contributed by atoms with Crippen molar-refractivity contribution in [2.45, 2.75) is 0 Å². The molecule has 1 N–H and O–H groups in total. The molecule has 3 aromatic rings. The van der Waals surface area contributed by atoms with Gasteiger partial charge >= 0.3 is 0 Å². The lowest BCUT2D eigenvalue weighted by Gasteiger charge is -2.00. The number of nitrogens with one attached hydrogen (secondary N) is 1. The number of rotatable bonds is 4. The van der Waals surface area contributed by atoms with Crippen molar-refractivity contribution in [2.24, 2.45) is 5.10 Å². The zero-order valence-electron chi connectivity index (χ0n) is 12.4. The summed E-state index contributed by atoms with van der Waals surface area (Å²) in [7, 11) is 0. The summed E-state index contributed by atoms with van der Waals surface area (Å²) in [6.45, 7) is 0.106. The molecule has 0 amide bonds. The topological polar surface area (TPSA) is 55.7 Å². The van der Waals surface area contributed by atoms with Gasteiger partial charge in [-0.2, -0.15) is 5.10 Å². The maximum Gasteiger partial charge on any atom is 0.231 e. The van der Waals surface area contributed by atoms with Gasteiger partial charge in [0.15, 0.2) is 11.5 Å². The third kappa shape index (κ3) is 2.93. The Morgan fingerprint density at radius 2 is 1.96 bits per heavy atom. The van der Waals surface area contributed by atoms with Gasteiger partial charge in [-0.05, 0) is 6.07 Å². The minimum Gasteiger partial charge on any atom is -0.454 e. The lowest BCUT2D eigenvalue weighted by Crippen LogP contribution is -1.93. The molecular formula is C17H12FN3O2S. The fraction of sp³-hybridized carbons (Fsp3) is 0.0588. The highest BCUT2D eigenvalue weighted by Gasteiger charge is 2.16. The van der Waals surface area contributed by atoms with E-state index in [4.69, 9.17) is 9.47 Å². The number of hydrogen-bond acceptors (Lipinski definition) is 6. The average molecular weight is 341 g/mol. The minimum atomic E-state index is -0.422. The monoisotopic (exact) mass is 341 g/mol. The number of ether oxygens (including phenoxy) is 2. The quantitative estimate of drug-likeness (QED) is 0.573. The standard InChI is InChI=1S/C17H12FN3O2S/c18-13-7-16-15(22-10-23-16)6-12(13)8-19-21-17-20-14(9-24-17)11-4-2-1-3-5-11/h1-9H,10H2,(H,20,21). The highest BCUT2D eigenvalue weighted by atomic mass is 32.1. The molecule has 0 radical (unpaired) electrons. The molecule has 0 bridgehead atoms. The predicted molar refractivity (Wildman–Crippen MR) is 91.3 cm³/mol. The van der Waals surface area contributed by atoms with Crippen LogP contribution in [-0.2, 0) is 0 Å². The zero-order valence-corrected chi connectivity index (χ0v) is 13.2. The number of thiazole rings is 1. The van der Waals surface area contributed by atoms with Crippen molar-refractivity contribution in [1.82, 2.24) is 4.98 Å². The molecule has 2 aromatic carbocycles. The summed E-state index contributed by atoms with van der Waals surface area (Å²) in [4.78, 5) is 4.45. The summed E-state index contributed by atoms with van der Waals surface area (Å²) in [5, 5.41) is 6.61. The lowest BCUT2D eigenvalue weighted by atomic mass is 10.2. The lowest BCUT2D eigenvalue weighted by molar-refractivity contribution is 0.174. The Balaban J connectivity index is 1.48. The van der Waals surface area contributed by atoms with Crippen LogP contribution < -0.4 is 14.9 Å². The number of benzene rings is 2. The van der Waals surface area contributed by atoms with Crippen molar-refractivity contribution in [3.63, 3.8) is 0 Å². The number of nitrogens with zero attached hydrogens (tertiary/aromatic N) is 2. The molecule has 0 aliphatic carbocycles. The number of aromatic nitrogens is 1. The van der Waals surface area contributed by atoms with Gasteiger partial charge in [0.1, 0.15) is 5.82 Å². The Bertz CT molecular complexity index is 896. The molecular weight excluding hydrogens is 329 g/mol. The van der Waals surface area contributed by atoms with Crippen LogP contribution in [0.1, 0.15) is 5.56 Å². The first kappa shape index (κ1) is 14.6. The molecule has 1 aliphatic heterocycles. The number of anilines is 1. The number of hydrogen-bond donors (Lipinski definition) is 1. The van der Waals surface area contributed by atoms with E-state index in [1.54, 1.807) is 6.07 Å². The second-order valence-corrected chi connectivity index (χ2v) is 5.86. The normalized spacial score (nSPS) is 12.7. The van der Waals surface area contributed by atoms with Crippen molar-refractivity contribution >= 4 is 22.7 Å². The summed E-state index contributed by atoms with van der Waals surface area (Å²) in [6.07, 6.45) is 1.39. The number of fused-ring (bicyclic) bond motifs is 1. The van der Waals surface area contributed by atoms with Crippen LogP contribution in [0.3, 0.4) is 0 Å². The van der Waals surface area contributed by atoms with E-state index in [0.29, 0.717) is 22.2 Å². The van der Waals surface area contributed by atoms with E-state index in [1.165, 1.54) is 23.6 Å². The summed E-state index contributed by atoms with van der Waals surface area (Å²) in [5.74, 6) is 0.498. The SMILES string of the molecule is Fc1cc2c(cc1C=NNc1nc(-c3ccccc3)cs1)OCO2. The van der Waals surface area contributed by atoms with Gasteiger partial charge in [-0.1, -0.05) is 30.3 Å². The largest absolute Gasteiger partial charge is 0.454 e. The Kier molecular flexibility index (Phi) is 3.84. The highest BCUT2D eigenvalue weighted by molar-refractivity contribution is 7.14. The Morgan fingerprint density at radius 1 is 1.17 bits per heavy atom. The van der Waals surface area contributed by atoms with Crippen LogP contribution in [0.2, 0.25) is 0 Å². The van der Waals surface area contributed by atoms with E-state index < -0.39 is 5.82 Å². The van der Waals surface area contributed by atoms with Crippen molar-refractivity contribution in [3.05, 3.63) is 59.2 Å². The van der Waals surface area contributed by atoms with Gasteiger partial charge in [-0.25, -0.2) is 9.37 Å². The number of hydrazone groups is 1. The van der Waals surface area contributed by atoms with Gasteiger partial charge in [0.05, 0.1) is 11.9 Å². The fourth-order valence-corrected chi connectivity index (χ4v) is 2.92. The predicted octanol–water partition coefficient (Wildman–Crippen LogP) is 4.12. The smallest absolute Gasteiger partial charge is 0.231 e. The molecule has 4 rings (SSSR count). The second kappa shape index (κ2) is 6.29. The molecule has 24 heavy (non-hydrogen) atoms. The van der Waals surface area contributed by atoms with Gasteiger partial charge in [-0.3, -0.25) is 5.43 Å². The van der Waals surface area contributed by atoms with E-state index in [0.717, 1.165) is 11.3 Å². The molecule has 0 fully saturated rings. The van der Waals surface area contributed by atoms with E-state index >= 15 is 0 Å². The molecule has 0 saturated heterocycles. The van der Waals surface area contributed by atoms with Crippen LogP contribution in [0, 0.1) is 5.82 Å². The second-order valence-electron chi connectivity index (χ2n) is 5.00. The molecule has 0 atom stereocenters. The third-order valence-corrected chi connectivity index (χ3v) is 4.18. The fourth-order valence-electron chi connectivity index (χ4n) is 2.26. The van der Waals surface area contributed by atoms with Crippen LogP contribution in [0.5, 0.6) is 11.5 Å². The number of halogens is 1. The van der Waals surface area contributed by atoms with Crippen LogP contribution >= 0.6 is 11.3 Å². The van der Waals surface area contributed by atoms with Crippen molar-refractivity contribution < 1.29 is 13.9 Å². The van der Waals surface area contributed by atoms with Crippen molar-refractivity contribution in [3.8, 4) is 22.8 Å². The van der Waals surface area contributed by atoms with Gasteiger partial charge in [0.25, 0.3) is 0 Å². The molecule has 1 aromatic heterocycles. The first-order chi connectivity index (χ1) is 11.8. The Morgan fingerprint density at radius 3 is 2.79 bits per heavy atom. The highest BCUT2D eigenvalue weighted by Crippen LogP contribution is 2.33. The van der Waals surface area contributed by atoms with Gasteiger partial charge < -0.3 is 9.47 Å². The summed E-state index contributed by atoms with van der Waals surface area (Å²) < 4.78 is 24.3. The van der Waals surface area contributed by atoms with Gasteiger partial charge in [0, 0.05) is 22.6 Å². The van der Waals surface area contributed by atoms with Crippen molar-refractivity contribution in [2.75, 3.05) is 12.2 Å². The molecule has 0 saturated carbocycles. The van der Waals surface area contributed by atoms with Gasteiger partial charge in [0.2, 0.25) is 11.9 Å². The maximum absolute atomic E-state index is 13.9. The first-order valence-corrected chi connectivity index (χ1v) is 8.07. The molecule has 7 heteroatoms. The van der Waals surface area contributed by atoms with Gasteiger partial charge in [-0.15, -0.1) is 11.3 Å². The van der Waals surface area contributed by atoms with Crippen LogP contribution in [0.4, 0.5) is 9.52 Å². The van der Waals surface area contributed by atoms with E-state index in [2.05, 4.69) is 15.5 Å². The average Bonchev–Trinajstić information content (AvgIpc) is 3.25. The van der Waals surface area contributed by atoms with E-state index in [9.17, 15) is 4.39 Å². The summed E-state index contributed by atoms with van der Waals surface area (Å²) in [6, 6.07) is 12.7. The van der Waals surface area contributed by atoms with Crippen molar-refractivity contribution in [1.29, 1.82) is 0 Å². The Hall–Kier alpha value is -2.93. The molecule has 120 valence electrons. The molecule has 5 nitrogen and oxygen atoms in total. The molecule has 1 aliphatic rings. The maximum atomic E-state index is 13.9. The molecule has 0 unspecified atom stereocenters. The molecule has 2 heterocycles. The zero-order chi connectivity index (χ0) is 16.4. The Labute approximate surface area is 141 Å². The van der Waals surface area contributed by atoms with E-state index in [-0.39, 0.29) is 6.79 Å². The molecule has 0 spiro atoms. The first-order valence-electron chi connectivity index (χ1n) is 7.19.